The Bertz CT molecular complexity index is 5930. The Balaban J connectivity index is 0.813. The molecule has 4 heterocycles. The lowest BCUT2D eigenvalue weighted by Gasteiger charge is -2.34. The van der Waals surface area contributed by atoms with E-state index in [1.54, 1.807) is 11.3 Å². The highest BCUT2D eigenvalue weighted by Crippen LogP contribution is 2.57. The normalized spacial score (nSPS) is 12.6. The summed E-state index contributed by atoms with van der Waals surface area (Å²) in [6, 6.07) is 123. The highest BCUT2D eigenvalue weighted by molar-refractivity contribution is 7.26. The quantitative estimate of drug-likeness (QED) is 0.137. The van der Waals surface area contributed by atoms with Gasteiger partial charge in [-0.1, -0.05) is 249 Å². The smallest absolute Gasteiger partial charge is 0.160 e. The van der Waals surface area contributed by atoms with Crippen LogP contribution in [0.3, 0.4) is 0 Å². The Kier molecular flexibility index (Phi) is 12.6. The second-order valence-electron chi connectivity index (χ2n) is 24.7. The van der Waals surface area contributed by atoms with Gasteiger partial charge < -0.3 is 4.57 Å². The van der Waals surface area contributed by atoms with E-state index in [-0.39, 0.29) is 0 Å². The van der Waals surface area contributed by atoms with E-state index in [2.05, 4.69) is 338 Å². The molecule has 1 aliphatic carbocycles. The monoisotopic (exact) mass is 1230 g/mol. The molecule has 5 heteroatoms. The fraction of sp³-hybridized carbons (Fsp3) is 0.0112. The van der Waals surface area contributed by atoms with Crippen molar-refractivity contribution in [2.45, 2.75) is 5.41 Å². The summed E-state index contributed by atoms with van der Waals surface area (Å²) in [6.45, 7) is 0. The molecule has 0 aliphatic heterocycles. The van der Waals surface area contributed by atoms with Crippen LogP contribution in [0.2, 0.25) is 0 Å². The number of rotatable bonds is 10. The van der Waals surface area contributed by atoms with Gasteiger partial charge in [0.1, 0.15) is 0 Å². The van der Waals surface area contributed by atoms with E-state index >= 15 is 0 Å². The number of thiophene rings is 2. The standard InChI is InChI=1S/C89H55N3S2/c1-6-22-56(23-7-1)59-40-45-79-75(52-59)84-70(36-21-38-80(84)92(79)69-43-44-72-71-34-16-18-37-77(71)89(78(72)55-69,67-30-12-4-13-31-67)68-32-14-5-15-33-68)61-28-20-29-63(48-61)88-90-85(62-42-47-82-74(54-62)73-35-17-19-39-81(73)93-82)87-86(91-88)76-53-60(41-46-83(76)94-87)66-50-64(57-24-8-2-9-25-57)49-65(51-66)58-26-10-3-11-27-58/h1-55H. The summed E-state index contributed by atoms with van der Waals surface area (Å²) in [7, 11) is 0. The van der Waals surface area contributed by atoms with E-state index in [1.807, 2.05) is 11.3 Å². The van der Waals surface area contributed by atoms with E-state index < -0.39 is 5.41 Å². The van der Waals surface area contributed by atoms with Gasteiger partial charge in [-0.3, -0.25) is 0 Å². The fourth-order valence-corrected chi connectivity index (χ4v) is 17.4. The Hall–Kier alpha value is -11.6. The van der Waals surface area contributed by atoms with Crippen LogP contribution in [-0.4, -0.2) is 14.5 Å². The minimum atomic E-state index is -0.552. The first-order valence-electron chi connectivity index (χ1n) is 32.1. The third-order valence-corrected chi connectivity index (χ3v) is 21.8. The summed E-state index contributed by atoms with van der Waals surface area (Å²) >= 11 is 3.62. The van der Waals surface area contributed by atoms with E-state index in [0.717, 1.165) is 71.4 Å². The molecule has 0 amide bonds. The third kappa shape index (κ3) is 8.63. The summed E-state index contributed by atoms with van der Waals surface area (Å²) in [5.41, 5.74) is 25.9. The van der Waals surface area contributed by atoms with E-state index in [4.69, 9.17) is 9.97 Å². The van der Waals surface area contributed by atoms with Crippen LogP contribution in [0.1, 0.15) is 22.3 Å². The second kappa shape index (κ2) is 21.8. The molecule has 1 aliphatic rings. The first-order chi connectivity index (χ1) is 46.6. The molecule has 0 N–H and O–H groups in total. The molecule has 0 spiro atoms. The number of hydrogen-bond donors (Lipinski definition) is 0. The van der Waals surface area contributed by atoms with Crippen molar-refractivity contribution in [1.29, 1.82) is 0 Å². The van der Waals surface area contributed by atoms with Crippen LogP contribution in [0, 0.1) is 0 Å². The van der Waals surface area contributed by atoms with Gasteiger partial charge in [-0.2, -0.15) is 0 Å². The zero-order chi connectivity index (χ0) is 61.8. The lowest BCUT2D eigenvalue weighted by molar-refractivity contribution is 0.767. The van der Waals surface area contributed by atoms with Crippen molar-refractivity contribution in [3.8, 4) is 95.1 Å². The molecule has 19 rings (SSSR count). The molecular formula is C89H55N3S2. The second-order valence-corrected chi connectivity index (χ2v) is 26.8. The lowest BCUT2D eigenvalue weighted by Crippen LogP contribution is -2.28. The molecule has 0 saturated heterocycles. The topological polar surface area (TPSA) is 30.7 Å². The number of hydrogen-bond acceptors (Lipinski definition) is 4. The van der Waals surface area contributed by atoms with Gasteiger partial charge in [0.05, 0.1) is 32.4 Å². The Morgan fingerprint density at radius 1 is 0.277 bits per heavy atom. The molecule has 3 nitrogen and oxygen atoms in total. The third-order valence-electron chi connectivity index (χ3n) is 19.5. The van der Waals surface area contributed by atoms with Crippen molar-refractivity contribution in [3.63, 3.8) is 0 Å². The number of aromatic nitrogens is 3. The first-order valence-corrected chi connectivity index (χ1v) is 33.7. The van der Waals surface area contributed by atoms with Gasteiger partial charge in [0.2, 0.25) is 0 Å². The van der Waals surface area contributed by atoms with Crippen molar-refractivity contribution in [2.75, 3.05) is 0 Å². The molecule has 0 atom stereocenters. The zero-order valence-corrected chi connectivity index (χ0v) is 52.5. The molecule has 0 bridgehead atoms. The molecule has 4 aromatic heterocycles. The summed E-state index contributed by atoms with van der Waals surface area (Å²) in [4.78, 5) is 11.4. The van der Waals surface area contributed by atoms with Crippen LogP contribution >= 0.6 is 22.7 Å². The minimum Gasteiger partial charge on any atom is -0.309 e. The molecule has 0 radical (unpaired) electrons. The SMILES string of the molecule is c1ccc(-c2cc(-c3ccccc3)cc(-c3ccc4sc5c(-c6ccc7sc8ccccc8c7c6)nc(-c6cccc(-c7cccc8c7c7cc(-c9ccccc9)ccc7n8-c7ccc8c(c7)C(c7ccccc7)(c7ccccc7)c7ccccc7-8)c6)nc5c4c3)c2)cc1. The maximum atomic E-state index is 5.72. The zero-order valence-electron chi connectivity index (χ0n) is 50.9. The van der Waals surface area contributed by atoms with Crippen molar-refractivity contribution in [1.82, 2.24) is 14.5 Å². The summed E-state index contributed by atoms with van der Waals surface area (Å²) in [6.07, 6.45) is 0. The van der Waals surface area contributed by atoms with Crippen LogP contribution in [0.5, 0.6) is 0 Å². The Labute approximate surface area is 552 Å². The van der Waals surface area contributed by atoms with Crippen molar-refractivity contribution < 1.29 is 0 Å². The molecule has 0 fully saturated rings. The average molecular weight is 1230 g/mol. The minimum absolute atomic E-state index is 0.552. The maximum Gasteiger partial charge on any atom is 0.160 e. The number of nitrogens with zero attached hydrogens (tertiary/aromatic N) is 3. The van der Waals surface area contributed by atoms with Crippen molar-refractivity contribution >= 4 is 85.0 Å². The molecule has 18 aromatic rings. The first kappa shape index (κ1) is 54.2. The van der Waals surface area contributed by atoms with Gasteiger partial charge >= 0.3 is 0 Å². The predicted octanol–water partition coefficient (Wildman–Crippen LogP) is 24.3. The van der Waals surface area contributed by atoms with E-state index in [1.165, 1.54) is 102 Å². The Morgan fingerprint density at radius 3 is 1.51 bits per heavy atom. The fourth-order valence-electron chi connectivity index (χ4n) is 15.2. The van der Waals surface area contributed by atoms with Crippen LogP contribution in [-0.2, 0) is 5.41 Å². The molecule has 94 heavy (non-hydrogen) atoms. The van der Waals surface area contributed by atoms with E-state index in [9.17, 15) is 0 Å². The molecular weight excluding hydrogens is 1180 g/mol. The van der Waals surface area contributed by atoms with Gasteiger partial charge in [-0.25, -0.2) is 9.97 Å². The average Bonchev–Trinajstić information content (AvgIpc) is 1.53. The van der Waals surface area contributed by atoms with Crippen LogP contribution in [0.15, 0.2) is 334 Å². The van der Waals surface area contributed by atoms with Crippen molar-refractivity contribution in [2.24, 2.45) is 0 Å². The van der Waals surface area contributed by atoms with Gasteiger partial charge in [0.25, 0.3) is 0 Å². The summed E-state index contributed by atoms with van der Waals surface area (Å²) < 4.78 is 7.28. The van der Waals surface area contributed by atoms with Crippen LogP contribution in [0.4, 0.5) is 0 Å². The van der Waals surface area contributed by atoms with Gasteiger partial charge in [-0.05, 0) is 174 Å². The van der Waals surface area contributed by atoms with Gasteiger partial charge in [0.15, 0.2) is 5.82 Å². The highest BCUT2D eigenvalue weighted by atomic mass is 32.1. The Morgan fingerprint density at radius 2 is 0.787 bits per heavy atom. The molecule has 14 aromatic carbocycles. The van der Waals surface area contributed by atoms with Crippen molar-refractivity contribution in [3.05, 3.63) is 356 Å². The van der Waals surface area contributed by atoms with E-state index in [0.29, 0.717) is 5.82 Å². The predicted molar refractivity (Wildman–Crippen MR) is 398 cm³/mol. The van der Waals surface area contributed by atoms with Gasteiger partial charge in [0, 0.05) is 57.8 Å². The largest absolute Gasteiger partial charge is 0.309 e. The molecule has 0 saturated carbocycles. The highest BCUT2D eigenvalue weighted by Gasteiger charge is 2.46. The van der Waals surface area contributed by atoms with Crippen LogP contribution < -0.4 is 0 Å². The lowest BCUT2D eigenvalue weighted by atomic mass is 9.67. The van der Waals surface area contributed by atoms with Gasteiger partial charge in [-0.15, -0.1) is 22.7 Å². The summed E-state index contributed by atoms with van der Waals surface area (Å²) in [5.74, 6) is 0.683. The molecule has 0 unspecified atom stereocenters. The van der Waals surface area contributed by atoms with Crippen LogP contribution in [0.25, 0.3) is 157 Å². The number of fused-ring (bicyclic) bond motifs is 12. The maximum absolute atomic E-state index is 5.72. The summed E-state index contributed by atoms with van der Waals surface area (Å²) in [5, 5.41) is 5.98. The number of benzene rings is 14. The molecule has 438 valence electrons.